The van der Waals surface area contributed by atoms with Gasteiger partial charge < -0.3 is 15.2 Å². The van der Waals surface area contributed by atoms with E-state index in [4.69, 9.17) is 4.74 Å². The minimum atomic E-state index is -0.951. The van der Waals surface area contributed by atoms with Gasteiger partial charge in [0, 0.05) is 20.2 Å². The van der Waals surface area contributed by atoms with Crippen molar-refractivity contribution in [2.45, 2.75) is 6.10 Å². The number of hydrogen-bond acceptors (Lipinski definition) is 3. The van der Waals surface area contributed by atoms with Crippen molar-refractivity contribution in [1.29, 1.82) is 0 Å². The van der Waals surface area contributed by atoms with Gasteiger partial charge in [-0.3, -0.25) is 0 Å². The summed E-state index contributed by atoms with van der Waals surface area (Å²) < 4.78 is 30.3. The van der Waals surface area contributed by atoms with E-state index in [2.05, 4.69) is 5.32 Å². The van der Waals surface area contributed by atoms with E-state index in [1.165, 1.54) is 6.07 Å². The van der Waals surface area contributed by atoms with Crippen molar-refractivity contribution in [3.63, 3.8) is 0 Å². The van der Waals surface area contributed by atoms with Crippen molar-refractivity contribution >= 4 is 0 Å². The maximum absolute atomic E-state index is 12.9. The molecule has 1 rings (SSSR count). The number of ether oxygens (including phenoxy) is 1. The van der Waals surface area contributed by atoms with Crippen LogP contribution >= 0.6 is 0 Å². The van der Waals surface area contributed by atoms with Crippen LogP contribution in [0.2, 0.25) is 0 Å². The Morgan fingerprint density at radius 3 is 2.75 bits per heavy atom. The largest absolute Gasteiger partial charge is 0.387 e. The monoisotopic (exact) mass is 231 g/mol. The topological polar surface area (TPSA) is 41.5 Å². The summed E-state index contributed by atoms with van der Waals surface area (Å²) in [6.45, 7) is 1.40. The van der Waals surface area contributed by atoms with Gasteiger partial charge >= 0.3 is 0 Å². The molecule has 3 nitrogen and oxygen atoms in total. The molecular weight excluding hydrogens is 216 g/mol. The molecule has 0 heterocycles. The van der Waals surface area contributed by atoms with Crippen LogP contribution in [0.4, 0.5) is 8.78 Å². The average molecular weight is 231 g/mol. The lowest BCUT2D eigenvalue weighted by molar-refractivity contribution is 0.161. The Kier molecular flexibility index (Phi) is 5.31. The number of benzene rings is 1. The molecule has 1 unspecified atom stereocenters. The summed E-state index contributed by atoms with van der Waals surface area (Å²) in [5, 5.41) is 12.6. The van der Waals surface area contributed by atoms with Crippen LogP contribution < -0.4 is 5.32 Å². The van der Waals surface area contributed by atoms with Crippen LogP contribution in [0.1, 0.15) is 11.7 Å². The molecule has 0 saturated heterocycles. The second-order valence-corrected chi connectivity index (χ2v) is 3.39. The molecule has 2 N–H and O–H groups in total. The highest BCUT2D eigenvalue weighted by Gasteiger charge is 2.10. The Labute approximate surface area is 93.0 Å². The maximum atomic E-state index is 12.9. The quantitative estimate of drug-likeness (QED) is 0.724. The van der Waals surface area contributed by atoms with Gasteiger partial charge in [-0.1, -0.05) is 6.07 Å². The summed E-state index contributed by atoms with van der Waals surface area (Å²) >= 11 is 0. The average Bonchev–Trinajstić information content (AvgIpc) is 2.28. The van der Waals surface area contributed by atoms with E-state index in [0.29, 0.717) is 18.7 Å². The molecule has 0 aliphatic rings. The second kappa shape index (κ2) is 6.52. The fourth-order valence-corrected chi connectivity index (χ4v) is 1.25. The molecule has 0 spiro atoms. The highest BCUT2D eigenvalue weighted by atomic mass is 19.2. The van der Waals surface area contributed by atoms with E-state index in [0.717, 1.165) is 12.1 Å². The number of aliphatic hydroxyl groups is 1. The van der Waals surface area contributed by atoms with Gasteiger partial charge in [0.05, 0.1) is 12.7 Å². The fraction of sp³-hybridized carbons (Fsp3) is 0.455. The van der Waals surface area contributed by atoms with E-state index in [9.17, 15) is 13.9 Å². The summed E-state index contributed by atoms with van der Waals surface area (Å²) in [5.74, 6) is -1.86. The van der Waals surface area contributed by atoms with Gasteiger partial charge in [-0.25, -0.2) is 8.78 Å². The zero-order valence-electron chi connectivity index (χ0n) is 9.04. The minimum absolute atomic E-state index is 0.272. The van der Waals surface area contributed by atoms with E-state index >= 15 is 0 Å². The molecule has 16 heavy (non-hydrogen) atoms. The first-order chi connectivity index (χ1) is 7.65. The lowest BCUT2D eigenvalue weighted by atomic mass is 10.1. The molecule has 0 saturated carbocycles. The van der Waals surface area contributed by atoms with Crippen molar-refractivity contribution < 1.29 is 18.6 Å². The van der Waals surface area contributed by atoms with Crippen LogP contribution in [-0.4, -0.2) is 31.9 Å². The van der Waals surface area contributed by atoms with Crippen LogP contribution in [-0.2, 0) is 4.74 Å². The first-order valence-corrected chi connectivity index (χ1v) is 4.98. The van der Waals surface area contributed by atoms with Crippen molar-refractivity contribution in [2.24, 2.45) is 0 Å². The molecule has 0 bridgehead atoms. The van der Waals surface area contributed by atoms with Crippen LogP contribution in [0.15, 0.2) is 18.2 Å². The molecular formula is C11H15F2NO2. The number of nitrogens with one attached hydrogen (secondary N) is 1. The van der Waals surface area contributed by atoms with E-state index in [-0.39, 0.29) is 6.54 Å². The summed E-state index contributed by atoms with van der Waals surface area (Å²) in [6, 6.07) is 3.36. The highest BCUT2D eigenvalue weighted by Crippen LogP contribution is 2.15. The third-order valence-electron chi connectivity index (χ3n) is 2.15. The van der Waals surface area contributed by atoms with Crippen molar-refractivity contribution in [3.8, 4) is 0 Å². The van der Waals surface area contributed by atoms with Crippen LogP contribution in [0.3, 0.4) is 0 Å². The molecule has 0 radical (unpaired) electrons. The van der Waals surface area contributed by atoms with Gasteiger partial charge in [0.25, 0.3) is 0 Å². The van der Waals surface area contributed by atoms with Gasteiger partial charge in [-0.2, -0.15) is 0 Å². The predicted octanol–water partition coefficient (Wildman–Crippen LogP) is 1.23. The molecule has 0 aliphatic heterocycles. The lowest BCUT2D eigenvalue weighted by Gasteiger charge is -2.12. The van der Waals surface area contributed by atoms with E-state index < -0.39 is 17.7 Å². The lowest BCUT2D eigenvalue weighted by Crippen LogP contribution is -2.25. The second-order valence-electron chi connectivity index (χ2n) is 3.39. The number of rotatable bonds is 6. The van der Waals surface area contributed by atoms with Crippen molar-refractivity contribution in [1.82, 2.24) is 5.32 Å². The van der Waals surface area contributed by atoms with E-state index in [1.807, 2.05) is 0 Å². The molecule has 1 aromatic carbocycles. The molecule has 5 heteroatoms. The van der Waals surface area contributed by atoms with Crippen LogP contribution in [0.5, 0.6) is 0 Å². The molecule has 90 valence electrons. The van der Waals surface area contributed by atoms with Gasteiger partial charge in [0.1, 0.15) is 0 Å². The third kappa shape index (κ3) is 3.84. The number of aliphatic hydroxyl groups excluding tert-OH is 1. The van der Waals surface area contributed by atoms with Gasteiger partial charge in [0.2, 0.25) is 0 Å². The van der Waals surface area contributed by atoms with Crippen LogP contribution in [0, 0.1) is 11.6 Å². The fourth-order valence-electron chi connectivity index (χ4n) is 1.25. The Morgan fingerprint density at radius 1 is 1.38 bits per heavy atom. The Morgan fingerprint density at radius 2 is 2.12 bits per heavy atom. The zero-order chi connectivity index (χ0) is 12.0. The Bertz CT molecular complexity index is 334. The summed E-state index contributed by atoms with van der Waals surface area (Å²) in [4.78, 5) is 0. The third-order valence-corrected chi connectivity index (χ3v) is 2.15. The first-order valence-electron chi connectivity index (χ1n) is 4.98. The minimum Gasteiger partial charge on any atom is -0.387 e. The molecule has 0 aliphatic carbocycles. The maximum Gasteiger partial charge on any atom is 0.159 e. The first kappa shape index (κ1) is 13.0. The smallest absolute Gasteiger partial charge is 0.159 e. The number of halogens is 2. The highest BCUT2D eigenvalue weighted by molar-refractivity contribution is 5.20. The summed E-state index contributed by atoms with van der Waals surface area (Å²) in [5.41, 5.74) is 0.351. The summed E-state index contributed by atoms with van der Waals surface area (Å²) in [7, 11) is 1.58. The van der Waals surface area contributed by atoms with Gasteiger partial charge in [-0.15, -0.1) is 0 Å². The predicted molar refractivity (Wildman–Crippen MR) is 56.1 cm³/mol. The molecule has 0 aromatic heterocycles. The van der Waals surface area contributed by atoms with Crippen molar-refractivity contribution in [2.75, 3.05) is 26.8 Å². The van der Waals surface area contributed by atoms with Crippen LogP contribution in [0.25, 0.3) is 0 Å². The van der Waals surface area contributed by atoms with E-state index in [1.54, 1.807) is 7.11 Å². The normalized spacial score (nSPS) is 12.8. The molecule has 1 atom stereocenters. The van der Waals surface area contributed by atoms with Gasteiger partial charge in [0.15, 0.2) is 11.6 Å². The Balaban J connectivity index is 2.46. The number of hydrogen-bond donors (Lipinski definition) is 2. The molecule has 0 fully saturated rings. The zero-order valence-corrected chi connectivity index (χ0v) is 9.04. The van der Waals surface area contributed by atoms with Crippen molar-refractivity contribution in [3.05, 3.63) is 35.4 Å². The summed E-state index contributed by atoms with van der Waals surface area (Å²) in [6.07, 6.45) is -0.855. The molecule has 1 aromatic rings. The number of methoxy groups -OCH3 is 1. The Hall–Kier alpha value is -1.04. The standard InChI is InChI=1S/C11H15F2NO2/c1-16-5-4-14-7-11(15)8-2-3-9(12)10(13)6-8/h2-3,6,11,14-15H,4-5,7H2,1H3. The molecule has 0 amide bonds. The SMILES string of the molecule is COCCNCC(O)c1ccc(F)c(F)c1. The van der Waals surface area contributed by atoms with Gasteiger partial charge in [-0.05, 0) is 17.7 Å².